The van der Waals surface area contributed by atoms with Gasteiger partial charge in [-0.3, -0.25) is 9.59 Å². The average Bonchev–Trinajstić information content (AvgIpc) is 3.24. The van der Waals surface area contributed by atoms with Gasteiger partial charge < -0.3 is 10.0 Å². The molecule has 1 aliphatic carbocycles. The molecule has 4 nitrogen and oxygen atoms in total. The zero-order valence-corrected chi connectivity index (χ0v) is 14.6. The van der Waals surface area contributed by atoms with E-state index in [0.29, 0.717) is 19.5 Å². The van der Waals surface area contributed by atoms with Gasteiger partial charge in [0.15, 0.2) is 0 Å². The zero-order valence-electron chi connectivity index (χ0n) is 14.6. The maximum absolute atomic E-state index is 13.4. The quantitative estimate of drug-likeness (QED) is 0.920. The summed E-state index contributed by atoms with van der Waals surface area (Å²) in [4.78, 5) is 27.1. The molecule has 1 heterocycles. The van der Waals surface area contributed by atoms with Gasteiger partial charge in [0.2, 0.25) is 5.91 Å². The van der Waals surface area contributed by atoms with Gasteiger partial charge in [0.25, 0.3) is 0 Å². The van der Waals surface area contributed by atoms with Crippen molar-refractivity contribution in [2.24, 2.45) is 11.3 Å². The van der Waals surface area contributed by atoms with Gasteiger partial charge in [-0.1, -0.05) is 57.0 Å². The first-order valence-electron chi connectivity index (χ1n) is 9.01. The second-order valence-corrected chi connectivity index (χ2v) is 7.75. The highest BCUT2D eigenvalue weighted by Crippen LogP contribution is 2.45. The van der Waals surface area contributed by atoms with Gasteiger partial charge in [-0.05, 0) is 30.7 Å². The molecule has 0 spiro atoms. The number of aliphatic carboxylic acids is 1. The number of amides is 1. The van der Waals surface area contributed by atoms with Crippen LogP contribution in [0.25, 0.3) is 0 Å². The fourth-order valence-electron chi connectivity index (χ4n) is 4.56. The van der Waals surface area contributed by atoms with Crippen LogP contribution in [0.3, 0.4) is 0 Å². The summed E-state index contributed by atoms with van der Waals surface area (Å²) in [6.07, 6.45) is 4.41. The fraction of sp³-hybridized carbons (Fsp3) is 0.600. The fourth-order valence-corrected chi connectivity index (χ4v) is 4.56. The summed E-state index contributed by atoms with van der Waals surface area (Å²) in [5.41, 5.74) is -0.163. The first-order valence-corrected chi connectivity index (χ1v) is 9.01. The molecule has 1 aromatic carbocycles. The van der Waals surface area contributed by atoms with Crippen molar-refractivity contribution < 1.29 is 14.7 Å². The first kappa shape index (κ1) is 17.0. The van der Waals surface area contributed by atoms with Crippen LogP contribution in [0.5, 0.6) is 0 Å². The number of carbonyl (C=O) groups excluding carboxylic acids is 1. The summed E-state index contributed by atoms with van der Waals surface area (Å²) in [5.74, 6) is -0.619. The Balaban J connectivity index is 1.89. The number of rotatable bonds is 4. The third-order valence-electron chi connectivity index (χ3n) is 6.31. The lowest BCUT2D eigenvalue weighted by Gasteiger charge is -2.34. The molecule has 1 saturated heterocycles. The Kier molecular flexibility index (Phi) is 4.41. The number of nitrogens with zero attached hydrogens (tertiary/aromatic N) is 1. The molecule has 1 N–H and O–H groups in total. The van der Waals surface area contributed by atoms with Crippen LogP contribution < -0.4 is 0 Å². The Morgan fingerprint density at radius 1 is 1.08 bits per heavy atom. The van der Waals surface area contributed by atoms with E-state index in [0.717, 1.165) is 31.2 Å². The monoisotopic (exact) mass is 329 g/mol. The molecule has 3 rings (SSSR count). The number of benzene rings is 1. The van der Waals surface area contributed by atoms with E-state index in [1.54, 1.807) is 0 Å². The maximum atomic E-state index is 13.4. The second kappa shape index (κ2) is 6.23. The van der Waals surface area contributed by atoms with E-state index >= 15 is 0 Å². The molecule has 1 amide bonds. The summed E-state index contributed by atoms with van der Waals surface area (Å²) in [5, 5.41) is 9.74. The van der Waals surface area contributed by atoms with E-state index in [2.05, 4.69) is 0 Å². The average molecular weight is 329 g/mol. The van der Waals surface area contributed by atoms with Crippen LogP contribution in [-0.2, 0) is 15.0 Å². The van der Waals surface area contributed by atoms with Gasteiger partial charge in [-0.15, -0.1) is 0 Å². The molecule has 1 saturated carbocycles. The number of carboxylic acid groups (broad SMARTS) is 1. The van der Waals surface area contributed by atoms with Gasteiger partial charge in [0.1, 0.15) is 0 Å². The van der Waals surface area contributed by atoms with Crippen LogP contribution in [0, 0.1) is 11.3 Å². The highest BCUT2D eigenvalue weighted by atomic mass is 16.4. The van der Waals surface area contributed by atoms with E-state index in [1.807, 2.05) is 49.1 Å². The molecule has 130 valence electrons. The smallest absolute Gasteiger partial charge is 0.311 e. The summed E-state index contributed by atoms with van der Waals surface area (Å²) in [6, 6.07) is 10.0. The first-order chi connectivity index (χ1) is 11.4. The lowest BCUT2D eigenvalue weighted by molar-refractivity contribution is -0.151. The highest BCUT2D eigenvalue weighted by molar-refractivity contribution is 5.90. The number of carbonyl (C=O) groups is 2. The molecule has 1 aromatic rings. The van der Waals surface area contributed by atoms with E-state index in [9.17, 15) is 14.7 Å². The van der Waals surface area contributed by atoms with Crippen molar-refractivity contribution in [2.45, 2.75) is 51.4 Å². The summed E-state index contributed by atoms with van der Waals surface area (Å²) < 4.78 is 0. The van der Waals surface area contributed by atoms with Crippen molar-refractivity contribution in [2.75, 3.05) is 13.1 Å². The van der Waals surface area contributed by atoms with Crippen molar-refractivity contribution >= 4 is 11.9 Å². The number of hydrogen-bond donors (Lipinski definition) is 1. The molecule has 0 radical (unpaired) electrons. The summed E-state index contributed by atoms with van der Waals surface area (Å²) in [7, 11) is 0. The highest BCUT2D eigenvalue weighted by Gasteiger charge is 2.52. The predicted octanol–water partition coefficient (Wildman–Crippen LogP) is 3.46. The number of hydrogen-bond acceptors (Lipinski definition) is 2. The van der Waals surface area contributed by atoms with Gasteiger partial charge in [-0.2, -0.15) is 0 Å². The van der Waals surface area contributed by atoms with Gasteiger partial charge in [-0.25, -0.2) is 0 Å². The Morgan fingerprint density at radius 3 is 2.21 bits per heavy atom. The van der Waals surface area contributed by atoms with Crippen LogP contribution in [0.1, 0.15) is 51.5 Å². The van der Waals surface area contributed by atoms with Gasteiger partial charge in [0, 0.05) is 13.1 Å². The SMILES string of the molecule is CC(C)C1(C(=O)O)CCN(C(=O)C2(c3ccccc3)CCCC2)C1. The van der Waals surface area contributed by atoms with Crippen molar-refractivity contribution in [1.82, 2.24) is 4.90 Å². The molecule has 24 heavy (non-hydrogen) atoms. The van der Waals surface area contributed by atoms with E-state index in [1.165, 1.54) is 0 Å². The standard InChI is InChI=1S/C20H27NO3/c1-15(2)20(18(23)24)12-13-21(14-20)17(22)19(10-6-7-11-19)16-8-4-3-5-9-16/h3-5,8-9,15H,6-7,10-14H2,1-2H3,(H,23,24). The maximum Gasteiger partial charge on any atom is 0.311 e. The lowest BCUT2D eigenvalue weighted by atomic mass is 9.76. The summed E-state index contributed by atoms with van der Waals surface area (Å²) >= 11 is 0. The second-order valence-electron chi connectivity index (χ2n) is 7.75. The summed E-state index contributed by atoms with van der Waals surface area (Å²) in [6.45, 7) is 4.79. The molecule has 1 atom stereocenters. The van der Waals surface area contributed by atoms with Crippen LogP contribution in [0.4, 0.5) is 0 Å². The van der Waals surface area contributed by atoms with Gasteiger partial charge in [0.05, 0.1) is 10.8 Å². The Morgan fingerprint density at radius 2 is 1.71 bits per heavy atom. The normalized spacial score (nSPS) is 26.0. The molecule has 0 aromatic heterocycles. The molecular weight excluding hydrogens is 302 g/mol. The van der Waals surface area contributed by atoms with Crippen molar-refractivity contribution in [3.05, 3.63) is 35.9 Å². The Bertz CT molecular complexity index is 619. The van der Waals surface area contributed by atoms with Crippen molar-refractivity contribution in [1.29, 1.82) is 0 Å². The molecule has 1 aliphatic heterocycles. The number of likely N-dealkylation sites (tertiary alicyclic amines) is 1. The number of carboxylic acids is 1. The van der Waals surface area contributed by atoms with Crippen molar-refractivity contribution in [3.8, 4) is 0 Å². The van der Waals surface area contributed by atoms with Crippen LogP contribution in [0.15, 0.2) is 30.3 Å². The molecule has 0 bridgehead atoms. The minimum absolute atomic E-state index is 0.0176. The van der Waals surface area contributed by atoms with Crippen LogP contribution in [0.2, 0.25) is 0 Å². The third-order valence-corrected chi connectivity index (χ3v) is 6.31. The minimum Gasteiger partial charge on any atom is -0.481 e. The van der Waals surface area contributed by atoms with E-state index < -0.39 is 16.8 Å². The lowest BCUT2D eigenvalue weighted by Crippen LogP contribution is -2.47. The van der Waals surface area contributed by atoms with E-state index in [4.69, 9.17) is 0 Å². The van der Waals surface area contributed by atoms with Crippen LogP contribution >= 0.6 is 0 Å². The largest absolute Gasteiger partial charge is 0.481 e. The van der Waals surface area contributed by atoms with Gasteiger partial charge >= 0.3 is 5.97 Å². The van der Waals surface area contributed by atoms with Crippen LogP contribution in [-0.4, -0.2) is 35.0 Å². The molecule has 2 aliphatic rings. The molecule has 2 fully saturated rings. The molecular formula is C20H27NO3. The zero-order chi connectivity index (χ0) is 17.4. The Hall–Kier alpha value is -1.84. The minimum atomic E-state index is -0.799. The van der Waals surface area contributed by atoms with E-state index in [-0.39, 0.29) is 11.8 Å². The predicted molar refractivity (Wildman–Crippen MR) is 92.7 cm³/mol. The molecule has 1 unspecified atom stereocenters. The van der Waals surface area contributed by atoms with Crippen molar-refractivity contribution in [3.63, 3.8) is 0 Å². The molecule has 4 heteroatoms. The topological polar surface area (TPSA) is 57.6 Å². The Labute approximate surface area is 143 Å². The third kappa shape index (κ3) is 2.52.